The van der Waals surface area contributed by atoms with Gasteiger partial charge in [-0.25, -0.2) is 4.98 Å². The van der Waals surface area contributed by atoms with Crippen molar-refractivity contribution in [3.63, 3.8) is 0 Å². The number of methoxy groups -OCH3 is 1. The standard InChI is InChI=1S/C19H13ClNO2/c1-23-19-14(12-22)10-11-17(21-19)16-9-5-8-15(18(16)20)13-6-3-2-4-7-13/h2-6,8-12H,1H3. The van der Waals surface area contributed by atoms with Crippen LogP contribution in [0, 0.1) is 6.07 Å². The summed E-state index contributed by atoms with van der Waals surface area (Å²) in [6.45, 7) is 0. The number of hydrogen-bond acceptors (Lipinski definition) is 3. The highest BCUT2D eigenvalue weighted by molar-refractivity contribution is 6.36. The van der Waals surface area contributed by atoms with E-state index in [1.54, 1.807) is 12.1 Å². The molecule has 0 atom stereocenters. The van der Waals surface area contributed by atoms with Gasteiger partial charge in [-0.1, -0.05) is 54.1 Å². The fourth-order valence-corrected chi connectivity index (χ4v) is 2.68. The van der Waals surface area contributed by atoms with E-state index >= 15 is 0 Å². The summed E-state index contributed by atoms with van der Waals surface area (Å²) in [5.74, 6) is 0.283. The first-order valence-electron chi connectivity index (χ1n) is 7.00. The van der Waals surface area contributed by atoms with Gasteiger partial charge in [-0.2, -0.15) is 0 Å². The maximum atomic E-state index is 11.0. The van der Waals surface area contributed by atoms with Gasteiger partial charge >= 0.3 is 0 Å². The monoisotopic (exact) mass is 322 g/mol. The van der Waals surface area contributed by atoms with Crippen LogP contribution in [0.25, 0.3) is 22.4 Å². The molecule has 3 rings (SSSR count). The van der Waals surface area contributed by atoms with Crippen LogP contribution in [0.15, 0.2) is 54.6 Å². The lowest BCUT2D eigenvalue weighted by molar-refractivity contribution is 0.112. The van der Waals surface area contributed by atoms with Crippen molar-refractivity contribution >= 4 is 17.9 Å². The number of benzene rings is 2. The number of carbonyl (C=O) groups is 1. The molecule has 1 aromatic heterocycles. The van der Waals surface area contributed by atoms with Crippen LogP contribution in [0.4, 0.5) is 0 Å². The SMILES string of the molecule is COc1nc(-c2cccc(-c3[c]cccc3)c2Cl)ccc1C=O. The Morgan fingerprint density at radius 1 is 1.09 bits per heavy atom. The van der Waals surface area contributed by atoms with Gasteiger partial charge in [0.15, 0.2) is 6.29 Å². The molecule has 0 saturated carbocycles. The number of pyridine rings is 1. The maximum absolute atomic E-state index is 11.0. The van der Waals surface area contributed by atoms with Gasteiger partial charge in [-0.3, -0.25) is 4.79 Å². The van der Waals surface area contributed by atoms with Gasteiger partial charge in [0.1, 0.15) is 0 Å². The van der Waals surface area contributed by atoms with Crippen LogP contribution < -0.4 is 4.74 Å². The molecular weight excluding hydrogens is 310 g/mol. The first-order chi connectivity index (χ1) is 11.2. The molecule has 3 aromatic rings. The molecule has 0 unspecified atom stereocenters. The minimum atomic E-state index is 0.283. The quantitative estimate of drug-likeness (QED) is 0.654. The Labute approximate surface area is 139 Å². The van der Waals surface area contributed by atoms with E-state index < -0.39 is 0 Å². The Balaban J connectivity index is 2.13. The topological polar surface area (TPSA) is 39.2 Å². The van der Waals surface area contributed by atoms with Crippen LogP contribution in [0.1, 0.15) is 10.4 Å². The van der Waals surface area contributed by atoms with Crippen molar-refractivity contribution in [2.24, 2.45) is 0 Å². The summed E-state index contributed by atoms with van der Waals surface area (Å²) in [6, 6.07) is 20.0. The van der Waals surface area contributed by atoms with E-state index in [9.17, 15) is 4.79 Å². The molecule has 0 saturated heterocycles. The third-order valence-corrected chi connectivity index (χ3v) is 3.89. The Morgan fingerprint density at radius 2 is 1.91 bits per heavy atom. The van der Waals surface area contributed by atoms with Crippen LogP contribution in [-0.4, -0.2) is 18.4 Å². The highest BCUT2D eigenvalue weighted by atomic mass is 35.5. The number of rotatable bonds is 4. The van der Waals surface area contributed by atoms with Crippen LogP contribution >= 0.6 is 11.6 Å². The third-order valence-electron chi connectivity index (χ3n) is 3.48. The number of aromatic nitrogens is 1. The zero-order valence-corrected chi connectivity index (χ0v) is 13.2. The molecule has 1 radical (unpaired) electrons. The van der Waals surface area contributed by atoms with E-state index in [4.69, 9.17) is 16.3 Å². The largest absolute Gasteiger partial charge is 0.480 e. The summed E-state index contributed by atoms with van der Waals surface area (Å²) in [6.07, 6.45) is 0.715. The van der Waals surface area contributed by atoms with Crippen LogP contribution in [0.2, 0.25) is 5.02 Å². The zero-order chi connectivity index (χ0) is 16.2. The second kappa shape index (κ2) is 6.63. The van der Waals surface area contributed by atoms with Crippen molar-refractivity contribution in [2.75, 3.05) is 7.11 Å². The van der Waals surface area contributed by atoms with Crippen molar-refractivity contribution < 1.29 is 9.53 Å². The van der Waals surface area contributed by atoms with E-state index in [0.29, 0.717) is 22.6 Å². The second-order valence-electron chi connectivity index (χ2n) is 4.86. The molecule has 2 aromatic carbocycles. The Hall–Kier alpha value is -2.65. The molecule has 0 bridgehead atoms. The number of aldehydes is 1. The molecule has 0 aliphatic heterocycles. The van der Waals surface area contributed by atoms with Crippen molar-refractivity contribution in [3.8, 4) is 28.3 Å². The second-order valence-corrected chi connectivity index (χ2v) is 5.23. The van der Waals surface area contributed by atoms with Crippen molar-refractivity contribution in [2.45, 2.75) is 0 Å². The molecule has 0 N–H and O–H groups in total. The fourth-order valence-electron chi connectivity index (χ4n) is 2.35. The molecule has 0 aliphatic carbocycles. The molecule has 23 heavy (non-hydrogen) atoms. The smallest absolute Gasteiger partial charge is 0.224 e. The highest BCUT2D eigenvalue weighted by Crippen LogP contribution is 2.36. The zero-order valence-electron chi connectivity index (χ0n) is 12.4. The summed E-state index contributed by atoms with van der Waals surface area (Å²) < 4.78 is 5.16. The molecule has 0 spiro atoms. The predicted molar refractivity (Wildman–Crippen MR) is 90.9 cm³/mol. The van der Waals surface area contributed by atoms with Crippen molar-refractivity contribution in [3.05, 3.63) is 71.2 Å². The lowest BCUT2D eigenvalue weighted by Gasteiger charge is -2.11. The molecule has 4 heteroatoms. The average molecular weight is 323 g/mol. The number of hydrogen-bond donors (Lipinski definition) is 0. The Bertz CT molecular complexity index is 847. The minimum Gasteiger partial charge on any atom is -0.480 e. The van der Waals surface area contributed by atoms with Crippen LogP contribution in [0.3, 0.4) is 0 Å². The summed E-state index contributed by atoms with van der Waals surface area (Å²) in [5.41, 5.74) is 3.62. The van der Waals surface area contributed by atoms with Gasteiger partial charge in [-0.15, -0.1) is 0 Å². The Kier molecular flexibility index (Phi) is 4.40. The highest BCUT2D eigenvalue weighted by Gasteiger charge is 2.13. The fraction of sp³-hybridized carbons (Fsp3) is 0.0526. The maximum Gasteiger partial charge on any atom is 0.224 e. The van der Waals surface area contributed by atoms with Gasteiger partial charge in [0, 0.05) is 11.1 Å². The van der Waals surface area contributed by atoms with Crippen LogP contribution in [0.5, 0.6) is 5.88 Å². The van der Waals surface area contributed by atoms with Gasteiger partial charge in [0.25, 0.3) is 0 Å². The Morgan fingerprint density at radius 3 is 2.61 bits per heavy atom. The van der Waals surface area contributed by atoms with Gasteiger partial charge in [0.2, 0.25) is 5.88 Å². The van der Waals surface area contributed by atoms with E-state index in [2.05, 4.69) is 11.1 Å². The lowest BCUT2D eigenvalue weighted by Crippen LogP contribution is -1.96. The van der Waals surface area contributed by atoms with Crippen LogP contribution in [-0.2, 0) is 0 Å². The normalized spacial score (nSPS) is 10.3. The molecular formula is C19H13ClNO2. The molecule has 3 nitrogen and oxygen atoms in total. The number of halogens is 1. The first kappa shape index (κ1) is 15.3. The summed E-state index contributed by atoms with van der Waals surface area (Å²) in [7, 11) is 1.48. The van der Waals surface area contributed by atoms with E-state index in [-0.39, 0.29) is 5.88 Å². The third kappa shape index (κ3) is 2.96. The number of ether oxygens (including phenoxy) is 1. The number of nitrogens with zero attached hydrogens (tertiary/aromatic N) is 1. The summed E-state index contributed by atoms with van der Waals surface area (Å²) in [4.78, 5) is 15.4. The average Bonchev–Trinajstić information content (AvgIpc) is 2.62. The van der Waals surface area contributed by atoms with Crippen molar-refractivity contribution in [1.29, 1.82) is 0 Å². The van der Waals surface area contributed by atoms with Gasteiger partial charge < -0.3 is 4.74 Å². The minimum absolute atomic E-state index is 0.283. The first-order valence-corrected chi connectivity index (χ1v) is 7.38. The molecule has 0 fully saturated rings. The predicted octanol–water partition coefficient (Wildman–Crippen LogP) is 4.69. The molecule has 113 valence electrons. The molecule has 1 heterocycles. The summed E-state index contributed by atoms with van der Waals surface area (Å²) in [5, 5.41) is 0.586. The number of carbonyl (C=O) groups excluding carboxylic acids is 1. The van der Waals surface area contributed by atoms with E-state index in [1.807, 2.05) is 42.5 Å². The van der Waals surface area contributed by atoms with Gasteiger partial charge in [0.05, 0.1) is 23.4 Å². The molecule has 0 aliphatic rings. The summed E-state index contributed by atoms with van der Waals surface area (Å²) >= 11 is 6.58. The lowest BCUT2D eigenvalue weighted by atomic mass is 10.0. The van der Waals surface area contributed by atoms with E-state index in [0.717, 1.165) is 16.7 Å². The van der Waals surface area contributed by atoms with E-state index in [1.165, 1.54) is 7.11 Å². The van der Waals surface area contributed by atoms with Crippen molar-refractivity contribution in [1.82, 2.24) is 4.98 Å². The molecule has 0 amide bonds. The van der Waals surface area contributed by atoms with Gasteiger partial charge in [-0.05, 0) is 23.8 Å².